The van der Waals surface area contributed by atoms with Gasteiger partial charge in [0.25, 0.3) is 0 Å². The predicted octanol–water partition coefficient (Wildman–Crippen LogP) is 3.66. The zero-order valence-corrected chi connectivity index (χ0v) is 16.5. The summed E-state index contributed by atoms with van der Waals surface area (Å²) in [4.78, 5) is 22.6. The number of carbonyl (C=O) groups excluding carboxylic acids is 1. The lowest BCUT2D eigenvalue weighted by molar-refractivity contribution is -0.131. The van der Waals surface area contributed by atoms with Crippen molar-refractivity contribution >= 4 is 11.8 Å². The minimum Gasteiger partial charge on any atom is -0.478 e. The molecule has 5 nitrogen and oxygen atoms in total. The molecule has 0 aromatic heterocycles. The van der Waals surface area contributed by atoms with Gasteiger partial charge >= 0.3 is 5.97 Å². The van der Waals surface area contributed by atoms with Crippen LogP contribution in [0.5, 0.6) is 0 Å². The highest BCUT2D eigenvalue weighted by atomic mass is 16.4. The minimum atomic E-state index is -0.979. The third-order valence-corrected chi connectivity index (χ3v) is 5.08. The Kier molecular flexibility index (Phi) is 10.9. The third kappa shape index (κ3) is 9.16. The maximum absolute atomic E-state index is 12.2. The fraction of sp³-hybridized carbons (Fsp3) is 0.636. The predicted molar refractivity (Wildman–Crippen MR) is 106 cm³/mol. The molecule has 1 rings (SSSR count). The highest BCUT2D eigenvalue weighted by molar-refractivity contribution is 5.86. The Bertz CT molecular complexity index is 549. The van der Waals surface area contributed by atoms with E-state index in [1.54, 1.807) is 18.2 Å². The van der Waals surface area contributed by atoms with Gasteiger partial charge in [0, 0.05) is 24.3 Å². The second kappa shape index (κ2) is 12.6. The Labute approximate surface area is 162 Å². The van der Waals surface area contributed by atoms with Crippen LogP contribution in [0.3, 0.4) is 0 Å². The monoisotopic (exact) mass is 378 g/mol. The molecule has 27 heavy (non-hydrogen) atoms. The van der Waals surface area contributed by atoms with Gasteiger partial charge in [0.1, 0.15) is 5.78 Å². The van der Waals surface area contributed by atoms with Crippen LogP contribution in [0, 0.1) is 17.8 Å². The van der Waals surface area contributed by atoms with Crippen molar-refractivity contribution in [3.63, 3.8) is 0 Å². The Morgan fingerprint density at radius 3 is 2.70 bits per heavy atom. The van der Waals surface area contributed by atoms with E-state index in [1.807, 2.05) is 12.2 Å². The first kappa shape index (κ1) is 23.3. The number of carboxylic acids is 1. The average molecular weight is 379 g/mol. The van der Waals surface area contributed by atoms with Crippen LogP contribution in [0.25, 0.3) is 0 Å². The third-order valence-electron chi connectivity index (χ3n) is 5.08. The van der Waals surface area contributed by atoms with Gasteiger partial charge in [0.05, 0.1) is 12.2 Å². The van der Waals surface area contributed by atoms with Crippen molar-refractivity contribution in [1.29, 1.82) is 0 Å². The molecule has 0 aliphatic heterocycles. The first-order valence-corrected chi connectivity index (χ1v) is 9.96. The number of hydrogen-bond donors (Lipinski definition) is 3. The molecule has 0 amide bonds. The van der Waals surface area contributed by atoms with E-state index in [1.165, 1.54) is 0 Å². The molecule has 1 aliphatic rings. The number of aliphatic hydroxyl groups is 2. The van der Waals surface area contributed by atoms with Crippen LogP contribution >= 0.6 is 0 Å². The van der Waals surface area contributed by atoms with E-state index >= 15 is 0 Å². The molecule has 0 heterocycles. The molecule has 0 radical (unpaired) electrons. The number of unbranched alkanes of at least 4 members (excludes halogenated alkanes) is 1. The number of carboxylic acid groups (broad SMARTS) is 1. The molecule has 1 aliphatic carbocycles. The Morgan fingerprint density at radius 1 is 1.30 bits per heavy atom. The van der Waals surface area contributed by atoms with Gasteiger partial charge in [-0.15, -0.1) is 0 Å². The Morgan fingerprint density at radius 2 is 2.04 bits per heavy atom. The summed E-state index contributed by atoms with van der Waals surface area (Å²) in [6.07, 6.45) is 13.8. The smallest absolute Gasteiger partial charge is 0.327 e. The molecule has 5 heteroatoms. The van der Waals surface area contributed by atoms with E-state index in [4.69, 9.17) is 5.11 Å². The van der Waals surface area contributed by atoms with Crippen molar-refractivity contribution < 1.29 is 24.9 Å². The van der Waals surface area contributed by atoms with Crippen LogP contribution < -0.4 is 0 Å². The summed E-state index contributed by atoms with van der Waals surface area (Å²) in [5.41, 5.74) is 0. The summed E-state index contributed by atoms with van der Waals surface area (Å²) < 4.78 is 0. The van der Waals surface area contributed by atoms with E-state index in [0.717, 1.165) is 25.3 Å². The first-order valence-electron chi connectivity index (χ1n) is 9.96. The van der Waals surface area contributed by atoms with Gasteiger partial charge in [-0.05, 0) is 25.2 Å². The standard InChI is InChI=1S/C22H34O5/c1-3-4-9-16(2)14-17(23)12-13-19-18(20(24)15-21(19)25)10-7-5-6-8-11-22(26)27/h5,7-8,11-13,16-20,23-24H,3-4,6,9-10,14-15H2,1-2H3,(H,26,27)/t16-,17+,18+,19+,20-/m0/s1. The summed E-state index contributed by atoms with van der Waals surface area (Å²) in [6, 6.07) is 0. The topological polar surface area (TPSA) is 94.8 Å². The summed E-state index contributed by atoms with van der Waals surface area (Å²) in [6.45, 7) is 4.28. The first-order chi connectivity index (χ1) is 12.8. The van der Waals surface area contributed by atoms with Crippen LogP contribution in [0.2, 0.25) is 0 Å². The van der Waals surface area contributed by atoms with E-state index in [9.17, 15) is 19.8 Å². The summed E-state index contributed by atoms with van der Waals surface area (Å²) >= 11 is 0. The number of carbonyl (C=O) groups is 2. The van der Waals surface area contributed by atoms with Gasteiger partial charge in [-0.25, -0.2) is 4.79 Å². The molecular formula is C22H34O5. The van der Waals surface area contributed by atoms with Gasteiger partial charge in [0.15, 0.2) is 0 Å². The van der Waals surface area contributed by atoms with Crippen molar-refractivity contribution in [2.45, 2.75) is 71.0 Å². The number of aliphatic hydroxyl groups excluding tert-OH is 2. The van der Waals surface area contributed by atoms with Crippen LogP contribution in [0.4, 0.5) is 0 Å². The quantitative estimate of drug-likeness (QED) is 0.356. The molecule has 0 saturated heterocycles. The maximum atomic E-state index is 12.2. The van der Waals surface area contributed by atoms with E-state index in [2.05, 4.69) is 13.8 Å². The Balaban J connectivity index is 2.56. The number of hydrogen-bond acceptors (Lipinski definition) is 4. The number of aliphatic carboxylic acids is 1. The molecule has 152 valence electrons. The SMILES string of the molecule is CCCC[C@H](C)C[C@H](O)C=C[C@H]1C(=O)C[C@H](O)[C@@H]1CC=CCC=CC(=O)O. The molecule has 0 bridgehead atoms. The van der Waals surface area contributed by atoms with E-state index < -0.39 is 18.2 Å². The summed E-state index contributed by atoms with van der Waals surface area (Å²) in [5, 5.41) is 28.9. The van der Waals surface area contributed by atoms with Gasteiger partial charge in [-0.1, -0.05) is 63.5 Å². The number of ketones is 1. The lowest BCUT2D eigenvalue weighted by Gasteiger charge is -2.18. The van der Waals surface area contributed by atoms with Crippen LogP contribution in [0.1, 0.15) is 58.8 Å². The molecule has 0 spiro atoms. The molecule has 1 fully saturated rings. The number of allylic oxidation sites excluding steroid dienone is 4. The van der Waals surface area contributed by atoms with Crippen LogP contribution in [-0.2, 0) is 9.59 Å². The zero-order chi connectivity index (χ0) is 20.2. The van der Waals surface area contributed by atoms with Gasteiger partial charge in [0.2, 0.25) is 0 Å². The normalized spacial score (nSPS) is 25.8. The zero-order valence-electron chi connectivity index (χ0n) is 16.5. The van der Waals surface area contributed by atoms with Crippen molar-refractivity contribution in [2.75, 3.05) is 0 Å². The molecule has 0 aromatic rings. The summed E-state index contributed by atoms with van der Waals surface area (Å²) in [5.74, 6) is -1.10. The van der Waals surface area contributed by atoms with E-state index in [0.29, 0.717) is 25.2 Å². The van der Waals surface area contributed by atoms with Gasteiger partial charge < -0.3 is 15.3 Å². The van der Waals surface area contributed by atoms with Crippen LogP contribution in [-0.4, -0.2) is 39.3 Å². The molecule has 0 aromatic carbocycles. The van der Waals surface area contributed by atoms with Gasteiger partial charge in [-0.3, -0.25) is 4.79 Å². The average Bonchev–Trinajstić information content (AvgIpc) is 2.87. The van der Waals surface area contributed by atoms with Gasteiger partial charge in [-0.2, -0.15) is 0 Å². The highest BCUT2D eigenvalue weighted by Crippen LogP contribution is 2.33. The molecule has 1 saturated carbocycles. The fourth-order valence-electron chi connectivity index (χ4n) is 3.53. The summed E-state index contributed by atoms with van der Waals surface area (Å²) in [7, 11) is 0. The number of Topliss-reactive ketones (excluding diaryl/α,β-unsaturated/α-hetero) is 1. The maximum Gasteiger partial charge on any atom is 0.327 e. The molecular weight excluding hydrogens is 344 g/mol. The van der Waals surface area contributed by atoms with E-state index in [-0.39, 0.29) is 24.0 Å². The van der Waals surface area contributed by atoms with Crippen molar-refractivity contribution in [2.24, 2.45) is 17.8 Å². The second-order valence-corrected chi connectivity index (χ2v) is 7.55. The largest absolute Gasteiger partial charge is 0.478 e. The molecule has 3 N–H and O–H groups in total. The second-order valence-electron chi connectivity index (χ2n) is 7.55. The molecule has 5 atom stereocenters. The lowest BCUT2D eigenvalue weighted by Crippen LogP contribution is -2.19. The highest BCUT2D eigenvalue weighted by Gasteiger charge is 2.39. The van der Waals surface area contributed by atoms with Crippen molar-refractivity contribution in [3.8, 4) is 0 Å². The van der Waals surface area contributed by atoms with Crippen LogP contribution in [0.15, 0.2) is 36.5 Å². The van der Waals surface area contributed by atoms with Crippen molar-refractivity contribution in [1.82, 2.24) is 0 Å². The number of rotatable bonds is 12. The lowest BCUT2D eigenvalue weighted by atomic mass is 9.89. The molecule has 0 unspecified atom stereocenters. The Hall–Kier alpha value is -1.72. The minimum absolute atomic E-state index is 0.00848. The van der Waals surface area contributed by atoms with Crippen molar-refractivity contribution in [3.05, 3.63) is 36.5 Å². The fourth-order valence-corrected chi connectivity index (χ4v) is 3.53.